The Morgan fingerprint density at radius 1 is 1.39 bits per heavy atom. The van der Waals surface area contributed by atoms with Crippen molar-refractivity contribution >= 4 is 11.9 Å². The van der Waals surface area contributed by atoms with Crippen molar-refractivity contribution in [3.63, 3.8) is 0 Å². The fourth-order valence-electron chi connectivity index (χ4n) is 2.84. The molecule has 0 fully saturated rings. The number of nitrogens with one attached hydrogen (secondary N) is 1. The Morgan fingerprint density at radius 3 is 2.91 bits per heavy atom. The second-order valence-corrected chi connectivity index (χ2v) is 5.57. The van der Waals surface area contributed by atoms with Gasteiger partial charge >= 0.3 is 5.97 Å². The van der Waals surface area contributed by atoms with E-state index in [0.717, 1.165) is 23.2 Å². The number of carbonyl (C=O) groups excluding carboxylic acids is 1. The van der Waals surface area contributed by atoms with Crippen LogP contribution in [-0.2, 0) is 17.6 Å². The summed E-state index contributed by atoms with van der Waals surface area (Å²) in [7, 11) is 0. The molecule has 1 amide bonds. The van der Waals surface area contributed by atoms with E-state index in [1.54, 1.807) is 12.1 Å². The number of rotatable bonds is 4. The molecular weight excluding hydrogens is 301 g/mol. The van der Waals surface area contributed by atoms with E-state index in [1.807, 2.05) is 6.92 Å². The van der Waals surface area contributed by atoms with Gasteiger partial charge in [0.1, 0.15) is 18.0 Å². The van der Waals surface area contributed by atoms with Gasteiger partial charge in [-0.2, -0.15) is 5.10 Å². The first-order valence-electron chi connectivity index (χ1n) is 7.34. The number of hydrogen-bond donors (Lipinski definition) is 2. The molecule has 23 heavy (non-hydrogen) atoms. The summed E-state index contributed by atoms with van der Waals surface area (Å²) >= 11 is 0. The summed E-state index contributed by atoms with van der Waals surface area (Å²) in [5.74, 6) is -2.08. The van der Waals surface area contributed by atoms with Gasteiger partial charge in [-0.1, -0.05) is 6.07 Å². The lowest BCUT2D eigenvalue weighted by molar-refractivity contribution is -0.135. The van der Waals surface area contributed by atoms with Crippen molar-refractivity contribution in [1.29, 1.82) is 0 Å². The molecule has 0 bridgehead atoms. The number of carbonyl (C=O) groups is 2. The molecule has 1 aliphatic rings. The van der Waals surface area contributed by atoms with Crippen molar-refractivity contribution in [3.8, 4) is 5.69 Å². The van der Waals surface area contributed by atoms with Crippen LogP contribution in [0.5, 0.6) is 0 Å². The molecule has 0 saturated carbocycles. The van der Waals surface area contributed by atoms with Crippen LogP contribution in [0.4, 0.5) is 4.39 Å². The van der Waals surface area contributed by atoms with Crippen molar-refractivity contribution in [3.05, 3.63) is 46.5 Å². The highest BCUT2D eigenvalue weighted by molar-refractivity contribution is 5.95. The Morgan fingerprint density at radius 2 is 2.17 bits per heavy atom. The third-order valence-electron chi connectivity index (χ3n) is 3.88. The zero-order valence-corrected chi connectivity index (χ0v) is 12.6. The van der Waals surface area contributed by atoms with Crippen LogP contribution in [0.15, 0.2) is 18.2 Å². The second-order valence-electron chi connectivity index (χ2n) is 5.57. The van der Waals surface area contributed by atoms with E-state index in [0.29, 0.717) is 18.5 Å². The number of benzene rings is 1. The van der Waals surface area contributed by atoms with E-state index in [4.69, 9.17) is 5.11 Å². The summed E-state index contributed by atoms with van der Waals surface area (Å²) in [6.07, 6.45) is 2.25. The number of fused-ring (bicyclic) bond motifs is 1. The average Bonchev–Trinajstić information content (AvgIpc) is 3.09. The zero-order valence-electron chi connectivity index (χ0n) is 12.6. The summed E-state index contributed by atoms with van der Waals surface area (Å²) < 4.78 is 15.6. The fourth-order valence-corrected chi connectivity index (χ4v) is 2.84. The van der Waals surface area contributed by atoms with Gasteiger partial charge in [0.05, 0.1) is 0 Å². The van der Waals surface area contributed by atoms with Gasteiger partial charge in [-0.15, -0.1) is 0 Å². The van der Waals surface area contributed by atoms with Crippen LogP contribution in [0.2, 0.25) is 0 Å². The number of aromatic nitrogens is 2. The molecule has 120 valence electrons. The first-order valence-corrected chi connectivity index (χ1v) is 7.34. The van der Waals surface area contributed by atoms with Gasteiger partial charge in [0, 0.05) is 11.3 Å². The Hall–Kier alpha value is -2.70. The molecule has 1 aromatic heterocycles. The molecular formula is C16H16FN3O3. The van der Waals surface area contributed by atoms with Crippen LogP contribution in [0.3, 0.4) is 0 Å². The minimum absolute atomic E-state index is 0.180. The molecule has 7 heteroatoms. The normalized spacial score (nSPS) is 13.0. The summed E-state index contributed by atoms with van der Waals surface area (Å²) in [6, 6.07) is 4.72. The van der Waals surface area contributed by atoms with Gasteiger partial charge in [0.15, 0.2) is 5.69 Å². The van der Waals surface area contributed by atoms with Crippen molar-refractivity contribution in [2.75, 3.05) is 6.54 Å². The quantitative estimate of drug-likeness (QED) is 0.897. The van der Waals surface area contributed by atoms with Crippen molar-refractivity contribution < 1.29 is 19.1 Å². The average molecular weight is 317 g/mol. The maximum Gasteiger partial charge on any atom is 0.322 e. The summed E-state index contributed by atoms with van der Waals surface area (Å²) in [4.78, 5) is 22.7. The van der Waals surface area contributed by atoms with Crippen molar-refractivity contribution in [1.82, 2.24) is 15.1 Å². The number of hydrogen-bond acceptors (Lipinski definition) is 3. The number of amides is 1. The van der Waals surface area contributed by atoms with Crippen LogP contribution in [-0.4, -0.2) is 33.3 Å². The molecule has 1 aromatic carbocycles. The van der Waals surface area contributed by atoms with Gasteiger partial charge < -0.3 is 10.4 Å². The zero-order chi connectivity index (χ0) is 16.6. The maximum atomic E-state index is 14.1. The van der Waals surface area contributed by atoms with E-state index in [-0.39, 0.29) is 5.69 Å². The Labute approximate surface area is 131 Å². The Bertz CT molecular complexity index is 798. The van der Waals surface area contributed by atoms with Gasteiger partial charge in [0.2, 0.25) is 0 Å². The van der Waals surface area contributed by atoms with Gasteiger partial charge in [0.25, 0.3) is 5.91 Å². The number of aryl methyl sites for hydroxylation is 1. The lowest BCUT2D eigenvalue weighted by atomic mass is 10.2. The predicted octanol–water partition coefficient (Wildman–Crippen LogP) is 1.62. The molecule has 3 rings (SSSR count). The van der Waals surface area contributed by atoms with Crippen molar-refractivity contribution in [2.24, 2.45) is 0 Å². The molecule has 0 spiro atoms. The first-order chi connectivity index (χ1) is 11.0. The summed E-state index contributed by atoms with van der Waals surface area (Å²) in [6.45, 7) is 1.38. The third-order valence-corrected chi connectivity index (χ3v) is 3.88. The number of aliphatic carboxylic acids is 1. The second kappa shape index (κ2) is 5.83. The van der Waals surface area contributed by atoms with E-state index in [1.165, 1.54) is 10.7 Å². The minimum Gasteiger partial charge on any atom is -0.480 e. The van der Waals surface area contributed by atoms with Crippen LogP contribution >= 0.6 is 0 Å². The van der Waals surface area contributed by atoms with E-state index < -0.39 is 24.2 Å². The Kier molecular flexibility index (Phi) is 3.85. The lowest BCUT2D eigenvalue weighted by Crippen LogP contribution is -2.30. The molecule has 2 N–H and O–H groups in total. The standard InChI is InChI=1S/C16H16FN3O3/c1-9-5-6-11(17)13(7-9)20-12-4-2-3-10(12)15(19-20)16(23)18-8-14(21)22/h5-7H,2-4,8H2,1H3,(H,18,23)(H,21,22). The monoisotopic (exact) mass is 317 g/mol. The van der Waals surface area contributed by atoms with E-state index in [9.17, 15) is 14.0 Å². The predicted molar refractivity (Wildman–Crippen MR) is 80.3 cm³/mol. The summed E-state index contributed by atoms with van der Waals surface area (Å²) in [5, 5.41) is 15.2. The minimum atomic E-state index is -1.13. The Balaban J connectivity index is 2.03. The molecule has 0 saturated heterocycles. The fraction of sp³-hybridized carbons (Fsp3) is 0.312. The van der Waals surface area contributed by atoms with Gasteiger partial charge in [-0.25, -0.2) is 9.07 Å². The summed E-state index contributed by atoms with van der Waals surface area (Å²) in [5.41, 5.74) is 2.96. The highest BCUT2D eigenvalue weighted by Crippen LogP contribution is 2.29. The smallest absolute Gasteiger partial charge is 0.322 e. The SMILES string of the molecule is Cc1ccc(F)c(-n2nc(C(=O)NCC(=O)O)c3c2CCC3)c1. The van der Waals surface area contributed by atoms with Gasteiger partial charge in [-0.3, -0.25) is 9.59 Å². The lowest BCUT2D eigenvalue weighted by Gasteiger charge is -2.07. The van der Waals surface area contributed by atoms with E-state index >= 15 is 0 Å². The molecule has 0 radical (unpaired) electrons. The maximum absolute atomic E-state index is 14.1. The molecule has 1 heterocycles. The highest BCUT2D eigenvalue weighted by atomic mass is 19.1. The number of carboxylic acid groups (broad SMARTS) is 1. The molecule has 0 atom stereocenters. The number of carboxylic acids is 1. The topological polar surface area (TPSA) is 84.2 Å². The van der Waals surface area contributed by atoms with Crippen LogP contribution in [0.25, 0.3) is 5.69 Å². The van der Waals surface area contributed by atoms with Crippen LogP contribution in [0, 0.1) is 12.7 Å². The molecule has 2 aromatic rings. The number of halogens is 1. The number of nitrogens with zero attached hydrogens (tertiary/aromatic N) is 2. The van der Waals surface area contributed by atoms with Crippen molar-refractivity contribution in [2.45, 2.75) is 26.2 Å². The van der Waals surface area contributed by atoms with Crippen LogP contribution < -0.4 is 5.32 Å². The highest BCUT2D eigenvalue weighted by Gasteiger charge is 2.27. The molecule has 0 aliphatic heterocycles. The van der Waals surface area contributed by atoms with E-state index in [2.05, 4.69) is 10.4 Å². The third kappa shape index (κ3) is 2.81. The van der Waals surface area contributed by atoms with Gasteiger partial charge in [-0.05, 0) is 43.9 Å². The largest absolute Gasteiger partial charge is 0.480 e. The van der Waals surface area contributed by atoms with Crippen LogP contribution in [0.1, 0.15) is 33.7 Å². The first kappa shape index (κ1) is 15.2. The molecule has 1 aliphatic carbocycles. The molecule has 6 nitrogen and oxygen atoms in total. The molecule has 0 unspecified atom stereocenters.